The van der Waals surface area contributed by atoms with Crippen LogP contribution in [0.15, 0.2) is 30.3 Å². The summed E-state index contributed by atoms with van der Waals surface area (Å²) in [5, 5.41) is 2.79. The average molecular weight is 264 g/mol. The maximum atomic E-state index is 13.1. The van der Waals surface area contributed by atoms with Crippen LogP contribution in [0.1, 0.15) is 23.5 Å². The normalized spacial score (nSPS) is 10.7. The zero-order chi connectivity index (χ0) is 13.1. The Morgan fingerprint density at radius 1 is 1.39 bits per heavy atom. The Morgan fingerprint density at radius 3 is 2.83 bits per heavy atom. The summed E-state index contributed by atoms with van der Waals surface area (Å²) in [5.74, 6) is -0.459. The van der Waals surface area contributed by atoms with Crippen molar-refractivity contribution in [3.8, 4) is 11.3 Å². The van der Waals surface area contributed by atoms with Gasteiger partial charge in [0.25, 0.3) is 5.91 Å². The maximum Gasteiger partial charge on any atom is 0.263 e. The van der Waals surface area contributed by atoms with Crippen LogP contribution >= 0.6 is 11.5 Å². The van der Waals surface area contributed by atoms with Gasteiger partial charge in [-0.05, 0) is 43.6 Å². The summed E-state index contributed by atoms with van der Waals surface area (Å²) in [7, 11) is 0. The lowest BCUT2D eigenvalue weighted by Gasteiger charge is -2.05. The first-order valence-corrected chi connectivity index (χ1v) is 6.37. The lowest BCUT2D eigenvalue weighted by atomic mass is 10.1. The Kier molecular flexibility index (Phi) is 3.72. The number of carbonyl (C=O) groups is 1. The third-order valence-electron chi connectivity index (χ3n) is 2.27. The highest BCUT2D eigenvalue weighted by Crippen LogP contribution is 2.22. The van der Waals surface area contributed by atoms with E-state index in [1.807, 2.05) is 13.8 Å². The molecule has 0 fully saturated rings. The fraction of sp³-hybridized carbons (Fsp3) is 0.231. The van der Waals surface area contributed by atoms with Crippen LogP contribution < -0.4 is 5.32 Å². The summed E-state index contributed by atoms with van der Waals surface area (Å²) in [6.07, 6.45) is 0. The van der Waals surface area contributed by atoms with Crippen LogP contribution in [0, 0.1) is 5.82 Å². The van der Waals surface area contributed by atoms with Gasteiger partial charge in [0.15, 0.2) is 0 Å². The molecule has 0 saturated carbocycles. The predicted octanol–water partition coefficient (Wildman–Crippen LogP) is 3.09. The van der Waals surface area contributed by atoms with Crippen LogP contribution in [-0.4, -0.2) is 16.3 Å². The highest BCUT2D eigenvalue weighted by molar-refractivity contribution is 7.08. The first-order valence-electron chi connectivity index (χ1n) is 5.60. The molecule has 1 aromatic carbocycles. The van der Waals surface area contributed by atoms with E-state index < -0.39 is 0 Å². The molecule has 2 rings (SSSR count). The van der Waals surface area contributed by atoms with E-state index in [1.54, 1.807) is 18.2 Å². The number of amides is 1. The number of hydrogen-bond acceptors (Lipinski definition) is 3. The number of aromatic nitrogens is 1. The molecule has 1 amide bonds. The quantitative estimate of drug-likeness (QED) is 0.925. The van der Waals surface area contributed by atoms with Crippen molar-refractivity contribution >= 4 is 17.4 Å². The second-order valence-electron chi connectivity index (χ2n) is 4.21. The van der Waals surface area contributed by atoms with Crippen molar-refractivity contribution in [2.75, 3.05) is 0 Å². The van der Waals surface area contributed by atoms with E-state index in [2.05, 4.69) is 9.69 Å². The summed E-state index contributed by atoms with van der Waals surface area (Å²) in [6, 6.07) is 7.93. The summed E-state index contributed by atoms with van der Waals surface area (Å²) >= 11 is 1.12. The summed E-state index contributed by atoms with van der Waals surface area (Å²) in [6.45, 7) is 3.79. The van der Waals surface area contributed by atoms with Gasteiger partial charge in [-0.15, -0.1) is 0 Å². The van der Waals surface area contributed by atoms with Crippen LogP contribution in [0.4, 0.5) is 4.39 Å². The van der Waals surface area contributed by atoms with Crippen molar-refractivity contribution in [3.05, 3.63) is 41.0 Å². The van der Waals surface area contributed by atoms with Gasteiger partial charge < -0.3 is 5.32 Å². The molecule has 0 atom stereocenters. The molecule has 0 bridgehead atoms. The van der Waals surface area contributed by atoms with Crippen LogP contribution in [0.5, 0.6) is 0 Å². The molecule has 1 aromatic heterocycles. The summed E-state index contributed by atoms with van der Waals surface area (Å²) in [4.78, 5) is 12.3. The molecule has 0 saturated heterocycles. The lowest BCUT2D eigenvalue weighted by Crippen LogP contribution is -2.29. The number of benzene rings is 1. The molecule has 0 radical (unpaired) electrons. The number of nitrogens with one attached hydrogen (secondary N) is 1. The van der Waals surface area contributed by atoms with Gasteiger partial charge in [0.2, 0.25) is 0 Å². The summed E-state index contributed by atoms with van der Waals surface area (Å²) < 4.78 is 17.3. The fourth-order valence-corrected chi connectivity index (χ4v) is 2.16. The van der Waals surface area contributed by atoms with Crippen molar-refractivity contribution in [2.24, 2.45) is 0 Å². The van der Waals surface area contributed by atoms with E-state index in [4.69, 9.17) is 0 Å². The van der Waals surface area contributed by atoms with E-state index in [0.29, 0.717) is 16.1 Å². The van der Waals surface area contributed by atoms with Crippen molar-refractivity contribution in [1.82, 2.24) is 9.69 Å². The zero-order valence-electron chi connectivity index (χ0n) is 10.1. The van der Waals surface area contributed by atoms with E-state index in [9.17, 15) is 9.18 Å². The third kappa shape index (κ3) is 2.92. The van der Waals surface area contributed by atoms with Gasteiger partial charge in [0.05, 0.1) is 5.69 Å². The summed E-state index contributed by atoms with van der Waals surface area (Å²) in [5.41, 5.74) is 1.29. The number of rotatable bonds is 3. The topological polar surface area (TPSA) is 42.0 Å². The zero-order valence-corrected chi connectivity index (χ0v) is 10.9. The molecule has 3 nitrogen and oxygen atoms in total. The van der Waals surface area contributed by atoms with Gasteiger partial charge >= 0.3 is 0 Å². The number of halogens is 1. The monoisotopic (exact) mass is 264 g/mol. The van der Waals surface area contributed by atoms with Crippen LogP contribution in [0.2, 0.25) is 0 Å². The smallest absolute Gasteiger partial charge is 0.263 e. The Hall–Kier alpha value is -1.75. The Bertz CT molecular complexity index is 566. The highest BCUT2D eigenvalue weighted by atomic mass is 32.1. The van der Waals surface area contributed by atoms with Crippen molar-refractivity contribution in [2.45, 2.75) is 19.9 Å². The van der Waals surface area contributed by atoms with Crippen molar-refractivity contribution < 1.29 is 9.18 Å². The molecular formula is C13H13FN2OS. The molecular weight excluding hydrogens is 251 g/mol. The first-order chi connectivity index (χ1) is 8.56. The molecule has 5 heteroatoms. The highest BCUT2D eigenvalue weighted by Gasteiger charge is 2.12. The standard InChI is InChI=1S/C13H13FN2OS/c1-8(2)15-13(17)12-7-11(16-18-12)9-4-3-5-10(14)6-9/h3-8H,1-2H3,(H,15,17). The molecule has 0 unspecified atom stereocenters. The Morgan fingerprint density at radius 2 is 2.17 bits per heavy atom. The minimum absolute atomic E-state index is 0.0808. The van der Waals surface area contributed by atoms with Crippen molar-refractivity contribution in [1.29, 1.82) is 0 Å². The van der Waals surface area contributed by atoms with Crippen molar-refractivity contribution in [3.63, 3.8) is 0 Å². The third-order valence-corrected chi connectivity index (χ3v) is 3.06. The van der Waals surface area contributed by atoms with Gasteiger partial charge in [-0.25, -0.2) is 4.39 Å². The van der Waals surface area contributed by atoms with E-state index in [-0.39, 0.29) is 17.8 Å². The molecule has 2 aromatic rings. The molecule has 0 spiro atoms. The molecule has 0 aliphatic carbocycles. The van der Waals surface area contributed by atoms with Crippen LogP contribution in [0.3, 0.4) is 0 Å². The van der Waals surface area contributed by atoms with Gasteiger partial charge in [-0.3, -0.25) is 4.79 Å². The minimum Gasteiger partial charge on any atom is -0.349 e. The second-order valence-corrected chi connectivity index (χ2v) is 5.02. The number of nitrogens with zero attached hydrogens (tertiary/aromatic N) is 1. The lowest BCUT2D eigenvalue weighted by molar-refractivity contribution is 0.0947. The molecule has 0 aliphatic rings. The fourth-order valence-electron chi connectivity index (χ4n) is 1.50. The Balaban J connectivity index is 2.23. The average Bonchev–Trinajstić information content (AvgIpc) is 2.77. The molecule has 94 valence electrons. The van der Waals surface area contributed by atoms with E-state index >= 15 is 0 Å². The van der Waals surface area contributed by atoms with E-state index in [0.717, 1.165) is 11.5 Å². The van der Waals surface area contributed by atoms with E-state index in [1.165, 1.54) is 12.1 Å². The first kappa shape index (κ1) is 12.7. The molecule has 18 heavy (non-hydrogen) atoms. The van der Waals surface area contributed by atoms with Gasteiger partial charge in [-0.1, -0.05) is 12.1 Å². The number of carbonyl (C=O) groups excluding carboxylic acids is 1. The maximum absolute atomic E-state index is 13.1. The van der Waals surface area contributed by atoms with Gasteiger partial charge in [0, 0.05) is 11.6 Å². The second kappa shape index (κ2) is 5.27. The van der Waals surface area contributed by atoms with Crippen LogP contribution in [0.25, 0.3) is 11.3 Å². The van der Waals surface area contributed by atoms with Gasteiger partial charge in [0.1, 0.15) is 10.7 Å². The molecule has 1 heterocycles. The minimum atomic E-state index is -0.311. The molecule has 0 aliphatic heterocycles. The predicted molar refractivity (Wildman–Crippen MR) is 70.1 cm³/mol. The van der Waals surface area contributed by atoms with Crippen LogP contribution in [-0.2, 0) is 0 Å². The molecule has 1 N–H and O–H groups in total. The van der Waals surface area contributed by atoms with Gasteiger partial charge in [-0.2, -0.15) is 4.37 Å². The largest absolute Gasteiger partial charge is 0.349 e. The Labute approximate surface area is 109 Å². The SMILES string of the molecule is CC(C)NC(=O)c1cc(-c2cccc(F)c2)ns1. The number of hydrogen-bond donors (Lipinski definition) is 1.